The number of rotatable bonds is 1. The van der Waals surface area contributed by atoms with Gasteiger partial charge in [0, 0.05) is 22.4 Å². The second-order valence-electron chi connectivity index (χ2n) is 6.47. The second-order valence-corrected chi connectivity index (χ2v) is 6.47. The molecule has 5 heteroatoms. The zero-order valence-electron chi connectivity index (χ0n) is 13.5. The zero-order chi connectivity index (χ0) is 14.4. The average Bonchev–Trinajstić information content (AvgIpc) is 2.86. The van der Waals surface area contributed by atoms with E-state index in [1.807, 2.05) is 0 Å². The normalized spacial score (nSPS) is 21.0. The third-order valence-electron chi connectivity index (χ3n) is 4.85. The summed E-state index contributed by atoms with van der Waals surface area (Å²) in [7, 11) is 2.30. The lowest BCUT2D eigenvalue weighted by molar-refractivity contribution is -0.974. The fourth-order valence-electron chi connectivity index (χ4n) is 3.62. The van der Waals surface area contributed by atoms with E-state index in [9.17, 15) is 0 Å². The molecule has 1 aliphatic heterocycles. The third-order valence-corrected chi connectivity index (χ3v) is 4.85. The Morgan fingerprint density at radius 2 is 1.61 bits per heavy atom. The minimum Gasteiger partial charge on any atom is -1.00 e. The minimum atomic E-state index is 0. The van der Waals surface area contributed by atoms with Gasteiger partial charge in [0.15, 0.2) is 5.69 Å². The van der Waals surface area contributed by atoms with Crippen molar-refractivity contribution in [1.82, 2.24) is 4.98 Å². The lowest BCUT2D eigenvalue weighted by Gasteiger charge is -2.27. The van der Waals surface area contributed by atoms with Crippen molar-refractivity contribution in [2.45, 2.75) is 6.92 Å². The molecule has 0 atom stereocenters. The molecule has 2 aromatic carbocycles. The largest absolute Gasteiger partial charge is 1.00 e. The molecular weight excluding hydrogens is 329 g/mol. The first-order chi connectivity index (χ1) is 10.2. The van der Waals surface area contributed by atoms with E-state index in [1.54, 1.807) is 9.80 Å². The molecular formula is C18H23Cl2N3. The van der Waals surface area contributed by atoms with Gasteiger partial charge in [0.25, 0.3) is 0 Å². The number of hydrogen-bond donors (Lipinski definition) is 3. The number of piperazine rings is 1. The number of nitrogens with one attached hydrogen (secondary N) is 3. The Morgan fingerprint density at radius 1 is 0.913 bits per heavy atom. The summed E-state index contributed by atoms with van der Waals surface area (Å²) in [6.45, 7) is 7.17. The van der Waals surface area contributed by atoms with Gasteiger partial charge in [-0.1, -0.05) is 18.2 Å². The van der Waals surface area contributed by atoms with Gasteiger partial charge in [-0.2, -0.15) is 0 Å². The molecule has 0 aliphatic carbocycles. The highest BCUT2D eigenvalue weighted by atomic mass is 35.5. The Kier molecular flexibility index (Phi) is 5.58. The number of aryl methyl sites for hydroxylation is 1. The van der Waals surface area contributed by atoms with Crippen LogP contribution >= 0.6 is 0 Å². The number of halogens is 2. The molecule has 1 aliphatic rings. The van der Waals surface area contributed by atoms with Gasteiger partial charge in [0.05, 0.1) is 7.05 Å². The SMILES string of the molecule is Cc1cc([NH+]2CC[NH+](C)CC2)c2[nH]c3ccccc3c2c1.[Cl-].[Cl-]. The van der Waals surface area contributed by atoms with Crippen LogP contribution in [0.15, 0.2) is 36.4 Å². The van der Waals surface area contributed by atoms with Gasteiger partial charge in [0.1, 0.15) is 31.7 Å². The van der Waals surface area contributed by atoms with E-state index in [1.165, 1.54) is 59.2 Å². The number of fused-ring (bicyclic) bond motifs is 3. The number of aromatic nitrogens is 1. The highest BCUT2D eigenvalue weighted by Gasteiger charge is 2.25. The van der Waals surface area contributed by atoms with Crippen LogP contribution in [0.3, 0.4) is 0 Å². The van der Waals surface area contributed by atoms with Gasteiger partial charge in [-0.05, 0) is 24.6 Å². The molecule has 3 N–H and O–H groups in total. The van der Waals surface area contributed by atoms with Crippen molar-refractivity contribution in [3.05, 3.63) is 42.0 Å². The summed E-state index contributed by atoms with van der Waals surface area (Å²) < 4.78 is 0. The fraction of sp³-hybridized carbons (Fsp3) is 0.333. The Hall–Kier alpha value is -1.26. The molecule has 0 radical (unpaired) electrons. The van der Waals surface area contributed by atoms with Gasteiger partial charge in [0.2, 0.25) is 0 Å². The highest BCUT2D eigenvalue weighted by Crippen LogP contribution is 2.29. The lowest BCUT2D eigenvalue weighted by atomic mass is 10.1. The molecule has 1 saturated heterocycles. The topological polar surface area (TPSA) is 24.7 Å². The molecule has 3 aromatic rings. The van der Waals surface area contributed by atoms with Crippen LogP contribution in [0.25, 0.3) is 21.8 Å². The quantitative estimate of drug-likeness (QED) is 0.390. The predicted molar refractivity (Wildman–Crippen MR) is 87.5 cm³/mol. The number of H-pyrrole nitrogens is 1. The second kappa shape index (κ2) is 7.10. The molecule has 0 spiro atoms. The minimum absolute atomic E-state index is 0. The van der Waals surface area contributed by atoms with Crippen LogP contribution in [0.4, 0.5) is 5.69 Å². The third kappa shape index (κ3) is 3.20. The lowest BCUT2D eigenvalue weighted by Crippen LogP contribution is -3.25. The molecule has 124 valence electrons. The van der Waals surface area contributed by atoms with Crippen molar-refractivity contribution in [3.8, 4) is 0 Å². The standard InChI is InChI=1S/C18H21N3.2ClH/c1-13-11-15-14-5-3-4-6-16(14)19-18(15)17(12-13)21-9-7-20(2)8-10-21;;/h3-6,11-12,19H,7-10H2,1-2H3;2*1H. The molecule has 0 saturated carbocycles. The monoisotopic (exact) mass is 351 g/mol. The summed E-state index contributed by atoms with van der Waals surface area (Å²) in [5, 5.41) is 2.72. The van der Waals surface area contributed by atoms with Crippen LogP contribution in [0.5, 0.6) is 0 Å². The number of hydrogen-bond acceptors (Lipinski definition) is 0. The number of benzene rings is 2. The Balaban J connectivity index is 0.000000960. The summed E-state index contributed by atoms with van der Waals surface area (Å²) in [5.41, 5.74) is 5.39. The van der Waals surface area contributed by atoms with Crippen LogP contribution in [0, 0.1) is 6.92 Å². The van der Waals surface area contributed by atoms with Crippen LogP contribution < -0.4 is 34.6 Å². The van der Waals surface area contributed by atoms with Gasteiger partial charge >= 0.3 is 0 Å². The van der Waals surface area contributed by atoms with E-state index in [0.717, 1.165) is 0 Å². The Labute approximate surface area is 149 Å². The molecule has 2 heterocycles. The maximum atomic E-state index is 3.65. The molecule has 0 amide bonds. The van der Waals surface area contributed by atoms with Gasteiger partial charge in [-0.25, -0.2) is 0 Å². The number of likely N-dealkylation sites (N-methyl/N-ethyl adjacent to an activating group) is 1. The van der Waals surface area contributed by atoms with Crippen LogP contribution in [-0.4, -0.2) is 38.2 Å². The molecule has 0 bridgehead atoms. The smallest absolute Gasteiger partial charge is 0.156 e. The summed E-state index contributed by atoms with van der Waals surface area (Å²) >= 11 is 0. The highest BCUT2D eigenvalue weighted by molar-refractivity contribution is 6.10. The molecule has 1 fully saturated rings. The number of para-hydroxylation sites is 1. The van der Waals surface area contributed by atoms with Crippen molar-refractivity contribution in [1.29, 1.82) is 0 Å². The van der Waals surface area contributed by atoms with Crippen LogP contribution in [0.2, 0.25) is 0 Å². The maximum Gasteiger partial charge on any atom is 0.156 e. The maximum absolute atomic E-state index is 3.65. The van der Waals surface area contributed by atoms with Crippen LogP contribution in [0.1, 0.15) is 5.56 Å². The Bertz CT molecular complexity index is 804. The number of aromatic amines is 1. The van der Waals surface area contributed by atoms with Crippen molar-refractivity contribution in [3.63, 3.8) is 0 Å². The van der Waals surface area contributed by atoms with E-state index in [-0.39, 0.29) is 24.8 Å². The average molecular weight is 352 g/mol. The first kappa shape index (κ1) is 18.1. The molecule has 1 aromatic heterocycles. The fourth-order valence-corrected chi connectivity index (χ4v) is 3.62. The first-order valence-electron chi connectivity index (χ1n) is 7.90. The zero-order valence-corrected chi connectivity index (χ0v) is 15.1. The van der Waals surface area contributed by atoms with E-state index in [4.69, 9.17) is 0 Å². The molecule has 4 rings (SSSR count). The summed E-state index contributed by atoms with van der Waals surface area (Å²) in [4.78, 5) is 6.93. The summed E-state index contributed by atoms with van der Waals surface area (Å²) in [6.07, 6.45) is 0. The van der Waals surface area contributed by atoms with E-state index in [0.29, 0.717) is 0 Å². The predicted octanol–water partition coefficient (Wildman–Crippen LogP) is -5.32. The molecule has 3 nitrogen and oxygen atoms in total. The number of quaternary nitrogens is 2. The van der Waals surface area contributed by atoms with E-state index < -0.39 is 0 Å². The van der Waals surface area contributed by atoms with Crippen LogP contribution in [-0.2, 0) is 0 Å². The molecule has 23 heavy (non-hydrogen) atoms. The Morgan fingerprint density at radius 3 is 2.35 bits per heavy atom. The molecule has 0 unspecified atom stereocenters. The van der Waals surface area contributed by atoms with Gasteiger partial charge in [-0.3, -0.25) is 4.90 Å². The van der Waals surface area contributed by atoms with Gasteiger partial charge in [-0.15, -0.1) is 0 Å². The van der Waals surface area contributed by atoms with E-state index in [2.05, 4.69) is 55.4 Å². The van der Waals surface area contributed by atoms with Crippen molar-refractivity contribution in [2.75, 3.05) is 33.2 Å². The summed E-state index contributed by atoms with van der Waals surface area (Å²) in [5.74, 6) is 0. The summed E-state index contributed by atoms with van der Waals surface area (Å²) in [6, 6.07) is 13.3. The van der Waals surface area contributed by atoms with Crippen molar-refractivity contribution < 1.29 is 34.6 Å². The van der Waals surface area contributed by atoms with E-state index >= 15 is 0 Å². The van der Waals surface area contributed by atoms with Crippen molar-refractivity contribution >= 4 is 27.5 Å². The van der Waals surface area contributed by atoms with Crippen molar-refractivity contribution in [2.24, 2.45) is 0 Å². The van der Waals surface area contributed by atoms with Gasteiger partial charge < -0.3 is 34.7 Å². The first-order valence-corrected chi connectivity index (χ1v) is 7.90.